The summed E-state index contributed by atoms with van der Waals surface area (Å²) in [6, 6.07) is 2.94. The zero-order valence-corrected chi connectivity index (χ0v) is 24.0. The minimum atomic E-state index is -4.93. The zero-order valence-electron chi connectivity index (χ0n) is 21.8. The van der Waals surface area contributed by atoms with E-state index in [1.807, 2.05) is 22.6 Å². The van der Waals surface area contributed by atoms with E-state index in [4.69, 9.17) is 9.47 Å². The van der Waals surface area contributed by atoms with Gasteiger partial charge in [0.1, 0.15) is 26.2 Å². The van der Waals surface area contributed by atoms with E-state index in [-0.39, 0.29) is 27.0 Å². The van der Waals surface area contributed by atoms with Crippen LogP contribution in [0.25, 0.3) is 22.2 Å². The first-order chi connectivity index (χ1) is 17.3. The number of benzene rings is 1. The van der Waals surface area contributed by atoms with Gasteiger partial charge in [0.15, 0.2) is 0 Å². The highest BCUT2D eigenvalue weighted by Crippen LogP contribution is 2.40. The molecule has 38 heavy (non-hydrogen) atoms. The number of carbonyl (C=O) groups is 2. The van der Waals surface area contributed by atoms with Gasteiger partial charge in [0.2, 0.25) is 0 Å². The average Bonchev–Trinajstić information content (AvgIpc) is 3.06. The van der Waals surface area contributed by atoms with Crippen molar-refractivity contribution in [2.45, 2.75) is 65.5 Å². The number of ether oxygens (including phenoxy) is 2. The fourth-order valence-electron chi connectivity index (χ4n) is 3.48. The van der Waals surface area contributed by atoms with Crippen LogP contribution < -0.4 is 0 Å². The molecule has 3 rings (SSSR count). The lowest BCUT2D eigenvalue weighted by atomic mass is 9.98. The number of fused-ring (bicyclic) bond motifs is 1. The van der Waals surface area contributed by atoms with Crippen LogP contribution in [0, 0.1) is 9.52 Å². The third kappa shape index (κ3) is 6.91. The maximum atomic E-state index is 15.3. The van der Waals surface area contributed by atoms with E-state index in [1.54, 1.807) is 41.5 Å². The summed E-state index contributed by atoms with van der Waals surface area (Å²) in [5.41, 5.74) is -3.82. The SMILES string of the molecule is CN(Cc1cc(F)c(-c2cc3c(I)nn(C(=O)OC(C)(C)C)c3cn2)c(C(F)(F)F)c1)C(=O)OC(C)(C)C. The van der Waals surface area contributed by atoms with Gasteiger partial charge >= 0.3 is 18.4 Å². The molecule has 2 heterocycles. The van der Waals surface area contributed by atoms with Gasteiger partial charge in [-0.05, 0) is 87.9 Å². The molecule has 1 aromatic carbocycles. The van der Waals surface area contributed by atoms with Crippen LogP contribution in [0.5, 0.6) is 0 Å². The molecule has 0 N–H and O–H groups in total. The normalized spacial score (nSPS) is 12.5. The van der Waals surface area contributed by atoms with Gasteiger partial charge < -0.3 is 14.4 Å². The predicted octanol–water partition coefficient (Wildman–Crippen LogP) is 7.01. The Morgan fingerprint density at radius 2 is 1.63 bits per heavy atom. The van der Waals surface area contributed by atoms with Crippen LogP contribution in [0.4, 0.5) is 27.2 Å². The van der Waals surface area contributed by atoms with Crippen LogP contribution in [-0.4, -0.2) is 50.1 Å². The molecule has 13 heteroatoms. The second-order valence-electron chi connectivity index (χ2n) is 10.6. The number of rotatable bonds is 3. The van der Waals surface area contributed by atoms with Crippen molar-refractivity contribution >= 4 is 45.7 Å². The first kappa shape index (κ1) is 29.6. The molecule has 206 valence electrons. The summed E-state index contributed by atoms with van der Waals surface area (Å²) < 4.78 is 69.3. The van der Waals surface area contributed by atoms with Crippen molar-refractivity contribution in [1.29, 1.82) is 0 Å². The van der Waals surface area contributed by atoms with E-state index >= 15 is 4.39 Å². The smallest absolute Gasteiger partial charge is 0.435 e. The molecule has 0 atom stereocenters. The summed E-state index contributed by atoms with van der Waals surface area (Å²) in [6.45, 7) is 9.66. The van der Waals surface area contributed by atoms with Crippen molar-refractivity contribution < 1.29 is 36.6 Å². The first-order valence-electron chi connectivity index (χ1n) is 11.4. The van der Waals surface area contributed by atoms with E-state index in [2.05, 4.69) is 10.1 Å². The summed E-state index contributed by atoms with van der Waals surface area (Å²) in [7, 11) is 1.34. The predicted molar refractivity (Wildman–Crippen MR) is 140 cm³/mol. The number of hydrogen-bond acceptors (Lipinski definition) is 6. The van der Waals surface area contributed by atoms with E-state index in [9.17, 15) is 22.8 Å². The van der Waals surface area contributed by atoms with Crippen LogP contribution in [0.15, 0.2) is 24.4 Å². The van der Waals surface area contributed by atoms with E-state index in [1.165, 1.54) is 13.1 Å². The molecule has 0 unspecified atom stereocenters. The Morgan fingerprint density at radius 3 is 2.18 bits per heavy atom. The molecule has 3 aromatic rings. The fourth-order valence-corrected chi connectivity index (χ4v) is 4.12. The van der Waals surface area contributed by atoms with Gasteiger partial charge in [0.05, 0.1) is 17.5 Å². The third-order valence-electron chi connectivity index (χ3n) is 4.92. The van der Waals surface area contributed by atoms with Crippen LogP contribution in [0.1, 0.15) is 52.7 Å². The monoisotopic (exact) mass is 650 g/mol. The highest BCUT2D eigenvalue weighted by molar-refractivity contribution is 14.1. The summed E-state index contributed by atoms with van der Waals surface area (Å²) in [5.74, 6) is -1.17. The Hall–Kier alpha value is -2.97. The van der Waals surface area contributed by atoms with Crippen LogP contribution in [-0.2, 0) is 22.2 Å². The number of hydrogen-bond donors (Lipinski definition) is 0. The van der Waals surface area contributed by atoms with Crippen LogP contribution in [0.3, 0.4) is 0 Å². The van der Waals surface area contributed by atoms with Gasteiger partial charge in [0.25, 0.3) is 0 Å². The van der Waals surface area contributed by atoms with Crippen LogP contribution >= 0.6 is 22.6 Å². The Labute approximate surface area is 230 Å². The van der Waals surface area contributed by atoms with Crippen molar-refractivity contribution in [3.05, 3.63) is 45.0 Å². The Bertz CT molecular complexity index is 1390. The van der Waals surface area contributed by atoms with Gasteiger partial charge in [-0.3, -0.25) is 4.98 Å². The highest BCUT2D eigenvalue weighted by Gasteiger charge is 2.37. The lowest BCUT2D eigenvalue weighted by Gasteiger charge is -2.25. The molecule has 8 nitrogen and oxygen atoms in total. The average molecular weight is 650 g/mol. The van der Waals surface area contributed by atoms with E-state index < -0.39 is 46.5 Å². The molecule has 0 spiro atoms. The van der Waals surface area contributed by atoms with Crippen LogP contribution in [0.2, 0.25) is 0 Å². The van der Waals surface area contributed by atoms with E-state index in [0.717, 1.165) is 27.9 Å². The molecular formula is C25H27F4IN4O4. The number of aromatic nitrogens is 3. The number of halogens is 5. The molecule has 0 saturated heterocycles. The number of amides is 1. The van der Waals surface area contributed by atoms with Crippen molar-refractivity contribution in [2.24, 2.45) is 0 Å². The second-order valence-corrected chi connectivity index (χ2v) is 11.6. The van der Waals surface area contributed by atoms with Crippen molar-refractivity contribution in [3.63, 3.8) is 0 Å². The molecule has 0 aliphatic carbocycles. The molecule has 0 fully saturated rings. The molecule has 0 aliphatic rings. The Balaban J connectivity index is 2.06. The molecule has 1 amide bonds. The number of nitrogens with zero attached hydrogens (tertiary/aromatic N) is 4. The largest absolute Gasteiger partial charge is 0.444 e. The fraction of sp³-hybridized carbons (Fsp3) is 0.440. The summed E-state index contributed by atoms with van der Waals surface area (Å²) in [4.78, 5) is 29.9. The molecule has 2 aromatic heterocycles. The second kappa shape index (κ2) is 10.3. The zero-order chi connectivity index (χ0) is 28.8. The highest BCUT2D eigenvalue weighted by atomic mass is 127. The Kier molecular flexibility index (Phi) is 8.02. The van der Waals surface area contributed by atoms with E-state index in [0.29, 0.717) is 5.39 Å². The quantitative estimate of drug-likeness (QED) is 0.224. The minimum absolute atomic E-state index is 0.0830. The standard InChI is InChI=1S/C25H27F4IN4O4/c1-23(2,3)37-21(35)33(7)12-13-8-15(25(27,28)29)19(16(26)9-13)17-10-14-18(11-31-17)34(32-20(14)30)22(36)38-24(4,5)6/h8-11H,12H2,1-7H3. The molecular weight excluding hydrogens is 623 g/mol. The topological polar surface area (TPSA) is 86.5 Å². The summed E-state index contributed by atoms with van der Waals surface area (Å²) in [6.07, 6.45) is -5.34. The lowest BCUT2D eigenvalue weighted by Crippen LogP contribution is -2.33. The van der Waals surface area contributed by atoms with Crippen molar-refractivity contribution in [3.8, 4) is 11.3 Å². The maximum absolute atomic E-state index is 15.3. The molecule has 0 aliphatic heterocycles. The van der Waals surface area contributed by atoms with Gasteiger partial charge in [-0.25, -0.2) is 14.0 Å². The van der Waals surface area contributed by atoms with Crippen molar-refractivity contribution in [1.82, 2.24) is 19.7 Å². The molecule has 0 bridgehead atoms. The number of alkyl halides is 3. The van der Waals surface area contributed by atoms with Gasteiger partial charge in [-0.1, -0.05) is 0 Å². The number of carbonyl (C=O) groups excluding carboxylic acids is 2. The van der Waals surface area contributed by atoms with Gasteiger partial charge in [-0.15, -0.1) is 0 Å². The summed E-state index contributed by atoms with van der Waals surface area (Å²) >= 11 is 1.82. The minimum Gasteiger partial charge on any atom is -0.444 e. The first-order valence-corrected chi connectivity index (χ1v) is 12.5. The van der Waals surface area contributed by atoms with Gasteiger partial charge in [-0.2, -0.15) is 23.0 Å². The molecule has 0 saturated carbocycles. The maximum Gasteiger partial charge on any atom is 0.435 e. The van der Waals surface area contributed by atoms with Gasteiger partial charge in [0, 0.05) is 24.5 Å². The number of pyridine rings is 1. The lowest BCUT2D eigenvalue weighted by molar-refractivity contribution is -0.137. The molecule has 0 radical (unpaired) electrons. The Morgan fingerprint density at radius 1 is 1.03 bits per heavy atom. The summed E-state index contributed by atoms with van der Waals surface area (Å²) in [5, 5.41) is 4.41. The third-order valence-corrected chi connectivity index (χ3v) is 5.72. The van der Waals surface area contributed by atoms with Crippen molar-refractivity contribution in [2.75, 3.05) is 7.05 Å².